The molecule has 1 aromatic carbocycles. The third-order valence-corrected chi connectivity index (χ3v) is 3.60. The van der Waals surface area contributed by atoms with Gasteiger partial charge in [0.2, 0.25) is 0 Å². The number of aliphatic imine (C=N–C) groups is 1. The van der Waals surface area contributed by atoms with E-state index in [2.05, 4.69) is 64.2 Å². The largest absolute Gasteiger partial charge is 0.352 e. The second-order valence-electron chi connectivity index (χ2n) is 4.50. The fraction of sp³-hybridized carbons (Fsp3) is 0.462. The number of likely N-dealkylation sites (N-methyl/N-ethyl adjacent to an activating group) is 1. The van der Waals surface area contributed by atoms with Crippen molar-refractivity contribution < 1.29 is 0 Å². The lowest BCUT2D eigenvalue weighted by molar-refractivity contribution is 0.533. The minimum atomic E-state index is 0. The van der Waals surface area contributed by atoms with Crippen LogP contribution in [0.1, 0.15) is 16.7 Å². The van der Waals surface area contributed by atoms with Crippen molar-refractivity contribution in [2.75, 3.05) is 20.1 Å². The molecule has 0 radical (unpaired) electrons. The van der Waals surface area contributed by atoms with Crippen molar-refractivity contribution in [2.24, 2.45) is 4.99 Å². The molecular formula is C13H19BrIN3. The van der Waals surface area contributed by atoms with Gasteiger partial charge in [-0.3, -0.25) is 4.99 Å². The van der Waals surface area contributed by atoms with E-state index in [1.165, 1.54) is 16.7 Å². The maximum Gasteiger partial charge on any atom is 0.194 e. The monoisotopic (exact) mass is 423 g/mol. The lowest BCUT2D eigenvalue weighted by atomic mass is 10.0. The first-order chi connectivity index (χ1) is 8.08. The number of nitrogens with zero attached hydrogens (tertiary/aromatic N) is 2. The Balaban J connectivity index is 0.00000162. The van der Waals surface area contributed by atoms with E-state index in [0.29, 0.717) is 0 Å². The first-order valence-corrected chi connectivity index (χ1v) is 6.62. The average molecular weight is 424 g/mol. The topological polar surface area (TPSA) is 27.6 Å². The Kier molecular flexibility index (Phi) is 5.91. The minimum absolute atomic E-state index is 0. The van der Waals surface area contributed by atoms with Crippen LogP contribution in [0.25, 0.3) is 0 Å². The SMILES string of the molecule is Cc1cc(Br)cc(C)c1CNC1=NCCN1C.I. The minimum Gasteiger partial charge on any atom is -0.352 e. The number of aryl methyl sites for hydroxylation is 2. The Bertz CT molecular complexity index is 437. The van der Waals surface area contributed by atoms with Crippen LogP contribution in [0.15, 0.2) is 21.6 Å². The molecule has 2 rings (SSSR count). The van der Waals surface area contributed by atoms with Crippen LogP contribution in [-0.2, 0) is 6.54 Å². The normalized spacial score (nSPS) is 14.2. The summed E-state index contributed by atoms with van der Waals surface area (Å²) in [4.78, 5) is 6.59. The Morgan fingerprint density at radius 3 is 2.44 bits per heavy atom. The van der Waals surface area contributed by atoms with Crippen LogP contribution in [0.2, 0.25) is 0 Å². The molecule has 5 heteroatoms. The highest BCUT2D eigenvalue weighted by atomic mass is 127. The highest BCUT2D eigenvalue weighted by Crippen LogP contribution is 2.20. The summed E-state index contributed by atoms with van der Waals surface area (Å²) in [6.45, 7) is 7.05. The van der Waals surface area contributed by atoms with Crippen molar-refractivity contribution in [3.05, 3.63) is 33.3 Å². The molecular weight excluding hydrogens is 405 g/mol. The van der Waals surface area contributed by atoms with E-state index >= 15 is 0 Å². The summed E-state index contributed by atoms with van der Waals surface area (Å²) in [6, 6.07) is 4.31. The molecule has 1 aliphatic heterocycles. The lowest BCUT2D eigenvalue weighted by Crippen LogP contribution is -2.35. The van der Waals surface area contributed by atoms with Crippen molar-refractivity contribution in [3.8, 4) is 0 Å². The van der Waals surface area contributed by atoms with Gasteiger partial charge in [-0.15, -0.1) is 24.0 Å². The second kappa shape index (κ2) is 6.75. The Morgan fingerprint density at radius 2 is 1.94 bits per heavy atom. The highest BCUT2D eigenvalue weighted by Gasteiger charge is 2.12. The van der Waals surface area contributed by atoms with Crippen molar-refractivity contribution >= 4 is 45.9 Å². The van der Waals surface area contributed by atoms with E-state index in [-0.39, 0.29) is 24.0 Å². The summed E-state index contributed by atoms with van der Waals surface area (Å²) in [5.41, 5.74) is 3.98. The molecule has 1 N–H and O–H groups in total. The van der Waals surface area contributed by atoms with Gasteiger partial charge in [-0.05, 0) is 42.7 Å². The first-order valence-electron chi connectivity index (χ1n) is 5.83. The summed E-state index contributed by atoms with van der Waals surface area (Å²) in [6.07, 6.45) is 0. The van der Waals surface area contributed by atoms with Crippen molar-refractivity contribution in [2.45, 2.75) is 20.4 Å². The van der Waals surface area contributed by atoms with Gasteiger partial charge in [-0.2, -0.15) is 0 Å². The zero-order chi connectivity index (χ0) is 12.4. The van der Waals surface area contributed by atoms with Crippen LogP contribution in [-0.4, -0.2) is 31.0 Å². The average Bonchev–Trinajstić information content (AvgIpc) is 2.62. The van der Waals surface area contributed by atoms with Crippen LogP contribution in [0.5, 0.6) is 0 Å². The second-order valence-corrected chi connectivity index (χ2v) is 5.41. The fourth-order valence-electron chi connectivity index (χ4n) is 2.11. The highest BCUT2D eigenvalue weighted by molar-refractivity contribution is 14.0. The number of hydrogen-bond donors (Lipinski definition) is 1. The molecule has 1 aromatic rings. The van der Waals surface area contributed by atoms with Crippen LogP contribution in [0.4, 0.5) is 0 Å². The maximum absolute atomic E-state index is 4.43. The molecule has 0 aromatic heterocycles. The van der Waals surface area contributed by atoms with Gasteiger partial charge in [0.15, 0.2) is 5.96 Å². The van der Waals surface area contributed by atoms with Crippen LogP contribution in [0, 0.1) is 13.8 Å². The van der Waals surface area contributed by atoms with Crippen LogP contribution < -0.4 is 5.32 Å². The maximum atomic E-state index is 4.43. The first kappa shape index (κ1) is 15.8. The number of guanidine groups is 1. The quantitative estimate of drug-likeness (QED) is 0.740. The summed E-state index contributed by atoms with van der Waals surface area (Å²) >= 11 is 3.52. The molecule has 0 saturated heterocycles. The molecule has 1 heterocycles. The third-order valence-electron chi connectivity index (χ3n) is 3.14. The molecule has 1 aliphatic rings. The lowest BCUT2D eigenvalue weighted by Gasteiger charge is -2.17. The standard InChI is InChI=1S/C13H18BrN3.HI/c1-9-6-11(14)7-10(2)12(9)8-16-13-15-4-5-17(13)3;/h6-7H,4-5,8H2,1-3H3,(H,15,16);1H. The predicted octanol–water partition coefficient (Wildman–Crippen LogP) is 3.07. The molecule has 100 valence electrons. The summed E-state index contributed by atoms with van der Waals surface area (Å²) < 4.78 is 1.14. The fourth-order valence-corrected chi connectivity index (χ4v) is 2.80. The third kappa shape index (κ3) is 3.60. The summed E-state index contributed by atoms with van der Waals surface area (Å²) in [5.74, 6) is 1.01. The van der Waals surface area contributed by atoms with Gasteiger partial charge < -0.3 is 10.2 Å². The van der Waals surface area contributed by atoms with E-state index in [0.717, 1.165) is 30.1 Å². The van der Waals surface area contributed by atoms with E-state index in [4.69, 9.17) is 0 Å². The van der Waals surface area contributed by atoms with Crippen molar-refractivity contribution in [1.29, 1.82) is 0 Å². The van der Waals surface area contributed by atoms with Gasteiger partial charge in [0.1, 0.15) is 0 Å². The molecule has 0 aliphatic carbocycles. The van der Waals surface area contributed by atoms with Gasteiger partial charge in [0.25, 0.3) is 0 Å². The number of benzene rings is 1. The van der Waals surface area contributed by atoms with E-state index in [1.807, 2.05) is 0 Å². The van der Waals surface area contributed by atoms with Gasteiger partial charge >= 0.3 is 0 Å². The number of nitrogens with one attached hydrogen (secondary N) is 1. The Morgan fingerprint density at radius 1 is 1.33 bits per heavy atom. The van der Waals surface area contributed by atoms with E-state index in [1.54, 1.807) is 0 Å². The molecule has 0 fully saturated rings. The van der Waals surface area contributed by atoms with Gasteiger partial charge in [-0.25, -0.2) is 0 Å². The summed E-state index contributed by atoms with van der Waals surface area (Å²) in [5, 5.41) is 3.41. The Hall–Kier alpha value is -0.300. The molecule has 0 unspecified atom stereocenters. The molecule has 0 spiro atoms. The predicted molar refractivity (Wildman–Crippen MR) is 90.8 cm³/mol. The molecule has 18 heavy (non-hydrogen) atoms. The molecule has 3 nitrogen and oxygen atoms in total. The summed E-state index contributed by atoms with van der Waals surface area (Å²) in [7, 11) is 2.07. The smallest absolute Gasteiger partial charge is 0.194 e. The molecule has 0 amide bonds. The van der Waals surface area contributed by atoms with Crippen molar-refractivity contribution in [1.82, 2.24) is 10.2 Å². The molecule has 0 bridgehead atoms. The molecule has 0 saturated carbocycles. The van der Waals surface area contributed by atoms with E-state index in [9.17, 15) is 0 Å². The van der Waals surface area contributed by atoms with Crippen LogP contribution >= 0.6 is 39.9 Å². The zero-order valence-corrected chi connectivity index (χ0v) is 14.9. The van der Waals surface area contributed by atoms with Gasteiger partial charge in [0.05, 0.1) is 6.54 Å². The number of halogens is 2. The van der Waals surface area contributed by atoms with Crippen molar-refractivity contribution in [3.63, 3.8) is 0 Å². The molecule has 0 atom stereocenters. The van der Waals surface area contributed by atoms with Gasteiger partial charge in [0, 0.05) is 24.6 Å². The zero-order valence-electron chi connectivity index (χ0n) is 11.0. The number of hydrogen-bond acceptors (Lipinski definition) is 3. The Labute approximate surface area is 134 Å². The van der Waals surface area contributed by atoms with Gasteiger partial charge in [-0.1, -0.05) is 15.9 Å². The number of rotatable bonds is 2. The van der Waals surface area contributed by atoms with Crippen LogP contribution in [0.3, 0.4) is 0 Å². The van der Waals surface area contributed by atoms with E-state index < -0.39 is 0 Å².